The van der Waals surface area contributed by atoms with Crippen molar-refractivity contribution in [2.75, 3.05) is 11.9 Å². The quantitative estimate of drug-likeness (QED) is 0.477. The van der Waals surface area contributed by atoms with Gasteiger partial charge in [0.1, 0.15) is 11.6 Å². The number of nitriles is 1. The molecule has 0 aliphatic heterocycles. The number of carbonyl (C=O) groups excluding carboxylic acids is 1. The first-order valence-corrected chi connectivity index (χ1v) is 6.46. The molecule has 1 rings (SSSR count). The first-order valence-electron chi connectivity index (χ1n) is 6.08. The van der Waals surface area contributed by atoms with Crippen LogP contribution >= 0.6 is 11.6 Å². The minimum absolute atomic E-state index is 0.0241. The highest BCUT2D eigenvalue weighted by Crippen LogP contribution is 2.20. The summed E-state index contributed by atoms with van der Waals surface area (Å²) in [7, 11) is 0. The fourth-order valence-electron chi connectivity index (χ4n) is 1.35. The molecule has 2 N–H and O–H groups in total. The van der Waals surface area contributed by atoms with Crippen LogP contribution in [0.3, 0.4) is 0 Å². The van der Waals surface area contributed by atoms with Crippen LogP contribution in [0, 0.1) is 11.3 Å². The number of nitrogens with one attached hydrogen (secondary N) is 2. The second-order valence-corrected chi connectivity index (χ2v) is 4.31. The predicted molar refractivity (Wildman–Crippen MR) is 76.7 cm³/mol. The lowest BCUT2D eigenvalue weighted by molar-refractivity contribution is -0.117. The van der Waals surface area contributed by atoms with E-state index in [0.29, 0.717) is 17.3 Å². The number of hydrogen-bond donors (Lipinski definition) is 2. The van der Waals surface area contributed by atoms with Gasteiger partial charge in [0.15, 0.2) is 0 Å². The number of amides is 1. The van der Waals surface area contributed by atoms with E-state index in [1.165, 1.54) is 6.20 Å². The molecule has 0 atom stereocenters. The molecule has 0 spiro atoms. The Morgan fingerprint density at radius 1 is 1.47 bits per heavy atom. The van der Waals surface area contributed by atoms with E-state index in [0.717, 1.165) is 12.8 Å². The second kappa shape index (κ2) is 8.17. The minimum Gasteiger partial charge on any atom is -0.359 e. The van der Waals surface area contributed by atoms with Crippen molar-refractivity contribution in [1.82, 2.24) is 5.32 Å². The third-order valence-corrected chi connectivity index (χ3v) is 2.76. The normalized spacial score (nSPS) is 10.7. The van der Waals surface area contributed by atoms with E-state index in [9.17, 15) is 4.79 Å². The summed E-state index contributed by atoms with van der Waals surface area (Å²) in [6.07, 6.45) is 3.24. The number of unbranched alkanes of at least 4 members (excludes halogenated alkanes) is 1. The van der Waals surface area contributed by atoms with Crippen LogP contribution in [0.4, 0.5) is 5.69 Å². The van der Waals surface area contributed by atoms with Gasteiger partial charge in [-0.15, -0.1) is 0 Å². The van der Waals surface area contributed by atoms with Crippen molar-refractivity contribution in [3.8, 4) is 6.07 Å². The summed E-state index contributed by atoms with van der Waals surface area (Å²) in [5.41, 5.74) is 0.675. The molecule has 0 fully saturated rings. The van der Waals surface area contributed by atoms with Crippen molar-refractivity contribution in [1.29, 1.82) is 5.26 Å². The van der Waals surface area contributed by atoms with E-state index in [1.54, 1.807) is 18.2 Å². The lowest BCUT2D eigenvalue weighted by Crippen LogP contribution is -2.25. The summed E-state index contributed by atoms with van der Waals surface area (Å²) >= 11 is 5.96. The maximum atomic E-state index is 11.7. The number of nitrogens with zero attached hydrogens (tertiary/aromatic N) is 1. The zero-order valence-electron chi connectivity index (χ0n) is 10.7. The molecule has 1 aromatic rings. The number of para-hydroxylation sites is 1. The van der Waals surface area contributed by atoms with Crippen LogP contribution in [-0.2, 0) is 4.79 Å². The van der Waals surface area contributed by atoms with E-state index in [-0.39, 0.29) is 11.5 Å². The lowest BCUT2D eigenvalue weighted by atomic mass is 10.2. The SMILES string of the molecule is CCCCNC(=O)/C(C#N)=C\Nc1ccccc1Cl. The molecule has 0 aliphatic carbocycles. The molecule has 19 heavy (non-hydrogen) atoms. The number of benzene rings is 1. The highest BCUT2D eigenvalue weighted by Gasteiger charge is 2.07. The molecule has 0 bridgehead atoms. The Morgan fingerprint density at radius 3 is 2.84 bits per heavy atom. The average molecular weight is 278 g/mol. The number of anilines is 1. The Hall–Kier alpha value is -1.99. The molecular formula is C14H16ClN3O. The third kappa shape index (κ3) is 5.02. The van der Waals surface area contributed by atoms with Gasteiger partial charge in [-0.05, 0) is 18.6 Å². The van der Waals surface area contributed by atoms with E-state index in [4.69, 9.17) is 16.9 Å². The molecule has 0 saturated carbocycles. The van der Waals surface area contributed by atoms with Gasteiger partial charge < -0.3 is 10.6 Å². The highest BCUT2D eigenvalue weighted by atomic mass is 35.5. The number of rotatable bonds is 6. The number of halogens is 1. The number of hydrogen-bond acceptors (Lipinski definition) is 3. The van der Waals surface area contributed by atoms with Gasteiger partial charge in [0.25, 0.3) is 5.91 Å². The van der Waals surface area contributed by atoms with Crippen molar-refractivity contribution < 1.29 is 4.79 Å². The van der Waals surface area contributed by atoms with Gasteiger partial charge in [-0.3, -0.25) is 4.79 Å². The van der Waals surface area contributed by atoms with E-state index in [1.807, 2.05) is 19.1 Å². The molecule has 0 heterocycles. The number of carbonyl (C=O) groups is 1. The second-order valence-electron chi connectivity index (χ2n) is 3.90. The topological polar surface area (TPSA) is 64.9 Å². The molecule has 1 aromatic carbocycles. The molecule has 100 valence electrons. The summed E-state index contributed by atoms with van der Waals surface area (Å²) in [6.45, 7) is 2.60. The molecule has 5 heteroatoms. The first kappa shape index (κ1) is 15.1. The average Bonchev–Trinajstić information content (AvgIpc) is 2.41. The highest BCUT2D eigenvalue weighted by molar-refractivity contribution is 6.33. The van der Waals surface area contributed by atoms with Gasteiger partial charge in [0.2, 0.25) is 0 Å². The monoisotopic (exact) mass is 277 g/mol. The van der Waals surface area contributed by atoms with E-state index >= 15 is 0 Å². The molecule has 0 aliphatic rings. The summed E-state index contributed by atoms with van der Waals surface area (Å²) in [5, 5.41) is 15.0. The molecule has 0 saturated heterocycles. The van der Waals surface area contributed by atoms with Crippen LogP contribution in [0.1, 0.15) is 19.8 Å². The van der Waals surface area contributed by atoms with Crippen LogP contribution in [0.2, 0.25) is 5.02 Å². The zero-order chi connectivity index (χ0) is 14.1. The van der Waals surface area contributed by atoms with Crippen molar-refractivity contribution >= 4 is 23.2 Å². The Bertz CT molecular complexity index is 506. The van der Waals surface area contributed by atoms with Gasteiger partial charge in [0.05, 0.1) is 10.7 Å². The summed E-state index contributed by atoms with van der Waals surface area (Å²) in [4.78, 5) is 11.7. The molecule has 1 amide bonds. The summed E-state index contributed by atoms with van der Waals surface area (Å²) in [6, 6.07) is 8.98. The first-order chi connectivity index (χ1) is 9.19. The van der Waals surface area contributed by atoms with Gasteiger partial charge in [-0.2, -0.15) is 5.26 Å². The lowest BCUT2D eigenvalue weighted by Gasteiger charge is -2.05. The van der Waals surface area contributed by atoms with Crippen molar-refractivity contribution in [2.24, 2.45) is 0 Å². The van der Waals surface area contributed by atoms with Gasteiger partial charge >= 0.3 is 0 Å². The van der Waals surface area contributed by atoms with Crippen LogP contribution in [0.25, 0.3) is 0 Å². The molecule has 4 nitrogen and oxygen atoms in total. The van der Waals surface area contributed by atoms with Crippen LogP contribution in [0.15, 0.2) is 36.0 Å². The van der Waals surface area contributed by atoms with E-state index < -0.39 is 0 Å². The fourth-order valence-corrected chi connectivity index (χ4v) is 1.54. The molecule has 0 radical (unpaired) electrons. The standard InChI is InChI=1S/C14H16ClN3O/c1-2-3-8-17-14(19)11(9-16)10-18-13-7-5-4-6-12(13)15/h4-7,10,18H,2-3,8H2,1H3,(H,17,19)/b11-10-. The Kier molecular flexibility index (Phi) is 6.48. The maximum absolute atomic E-state index is 11.7. The van der Waals surface area contributed by atoms with Gasteiger partial charge in [-0.25, -0.2) is 0 Å². The molecular weight excluding hydrogens is 262 g/mol. The van der Waals surface area contributed by atoms with E-state index in [2.05, 4.69) is 10.6 Å². The molecule has 0 aromatic heterocycles. The largest absolute Gasteiger partial charge is 0.359 e. The Balaban J connectivity index is 2.65. The Morgan fingerprint density at radius 2 is 2.21 bits per heavy atom. The van der Waals surface area contributed by atoms with Gasteiger partial charge in [0, 0.05) is 12.7 Å². The third-order valence-electron chi connectivity index (χ3n) is 2.43. The van der Waals surface area contributed by atoms with Crippen molar-refractivity contribution in [2.45, 2.75) is 19.8 Å². The molecule has 0 unspecified atom stereocenters. The fraction of sp³-hybridized carbons (Fsp3) is 0.286. The Labute approximate surface area is 118 Å². The summed E-state index contributed by atoms with van der Waals surface area (Å²) < 4.78 is 0. The predicted octanol–water partition coefficient (Wildman–Crippen LogP) is 3.08. The van der Waals surface area contributed by atoms with Crippen LogP contribution in [-0.4, -0.2) is 12.5 Å². The van der Waals surface area contributed by atoms with Crippen molar-refractivity contribution in [3.63, 3.8) is 0 Å². The van der Waals surface area contributed by atoms with Crippen LogP contribution in [0.5, 0.6) is 0 Å². The van der Waals surface area contributed by atoms with Crippen LogP contribution < -0.4 is 10.6 Å². The van der Waals surface area contributed by atoms with Crippen molar-refractivity contribution in [3.05, 3.63) is 41.1 Å². The minimum atomic E-state index is -0.379. The zero-order valence-corrected chi connectivity index (χ0v) is 11.5. The smallest absolute Gasteiger partial charge is 0.263 e. The summed E-state index contributed by atoms with van der Waals surface area (Å²) in [5.74, 6) is -0.379. The maximum Gasteiger partial charge on any atom is 0.263 e. The van der Waals surface area contributed by atoms with Gasteiger partial charge in [-0.1, -0.05) is 37.1 Å².